The second kappa shape index (κ2) is 5.95. The van der Waals surface area contributed by atoms with Gasteiger partial charge in [-0.05, 0) is 45.7 Å². The van der Waals surface area contributed by atoms with E-state index < -0.39 is 0 Å². The van der Waals surface area contributed by atoms with Gasteiger partial charge < -0.3 is 15.1 Å². The molecule has 1 aromatic heterocycles. The molecule has 0 spiro atoms. The highest BCUT2D eigenvalue weighted by atomic mass is 15.2. The Morgan fingerprint density at radius 1 is 1.30 bits per heavy atom. The second-order valence-corrected chi connectivity index (χ2v) is 5.98. The van der Waals surface area contributed by atoms with Crippen molar-refractivity contribution in [3.8, 4) is 0 Å². The van der Waals surface area contributed by atoms with Crippen LogP contribution < -0.4 is 10.2 Å². The normalized spacial score (nSPS) is 27.2. The Labute approximate surface area is 121 Å². The molecule has 2 saturated heterocycles. The third-order valence-corrected chi connectivity index (χ3v) is 4.65. The minimum absolute atomic E-state index is 0.768. The quantitative estimate of drug-likeness (QED) is 0.912. The highest BCUT2D eigenvalue weighted by Gasteiger charge is 2.34. The standard InChI is InChI=1S/C15H25N5/c1-3-17-14-9-16-10-15(18-14)20-8-6-13-12(11-20)5-4-7-19(13)2/h9-10,12-13H,3-8,11H2,1-2H3,(H,17,18). The van der Waals surface area contributed by atoms with Gasteiger partial charge in [0.05, 0.1) is 12.4 Å². The summed E-state index contributed by atoms with van der Waals surface area (Å²) in [6.45, 7) is 6.44. The lowest BCUT2D eigenvalue weighted by Gasteiger charge is -2.46. The zero-order chi connectivity index (χ0) is 13.9. The monoisotopic (exact) mass is 275 g/mol. The predicted molar refractivity (Wildman–Crippen MR) is 82.2 cm³/mol. The third-order valence-electron chi connectivity index (χ3n) is 4.65. The Kier molecular flexibility index (Phi) is 4.05. The maximum Gasteiger partial charge on any atom is 0.149 e. The van der Waals surface area contributed by atoms with E-state index in [2.05, 4.69) is 39.1 Å². The first-order valence-corrected chi connectivity index (χ1v) is 7.79. The van der Waals surface area contributed by atoms with E-state index in [-0.39, 0.29) is 0 Å². The largest absolute Gasteiger partial charge is 0.369 e. The summed E-state index contributed by atoms with van der Waals surface area (Å²) in [6.07, 6.45) is 7.62. The fourth-order valence-electron chi connectivity index (χ4n) is 3.63. The molecular formula is C15H25N5. The fourth-order valence-corrected chi connectivity index (χ4v) is 3.63. The van der Waals surface area contributed by atoms with E-state index in [1.54, 1.807) is 6.20 Å². The van der Waals surface area contributed by atoms with Crippen LogP contribution >= 0.6 is 0 Å². The van der Waals surface area contributed by atoms with Crippen LogP contribution in [0.15, 0.2) is 12.4 Å². The van der Waals surface area contributed by atoms with Crippen molar-refractivity contribution >= 4 is 11.6 Å². The van der Waals surface area contributed by atoms with Crippen molar-refractivity contribution in [2.45, 2.75) is 32.2 Å². The van der Waals surface area contributed by atoms with E-state index >= 15 is 0 Å². The zero-order valence-corrected chi connectivity index (χ0v) is 12.5. The van der Waals surface area contributed by atoms with Gasteiger partial charge in [0.15, 0.2) is 0 Å². The van der Waals surface area contributed by atoms with E-state index in [1.807, 2.05) is 6.20 Å². The number of aromatic nitrogens is 2. The summed E-state index contributed by atoms with van der Waals surface area (Å²) >= 11 is 0. The molecular weight excluding hydrogens is 250 g/mol. The molecule has 0 saturated carbocycles. The van der Waals surface area contributed by atoms with Crippen LogP contribution in [0, 0.1) is 5.92 Å². The van der Waals surface area contributed by atoms with E-state index in [0.29, 0.717) is 0 Å². The smallest absolute Gasteiger partial charge is 0.149 e. The molecule has 0 aromatic carbocycles. The molecule has 2 fully saturated rings. The number of likely N-dealkylation sites (tertiary alicyclic amines) is 1. The first-order chi connectivity index (χ1) is 9.78. The maximum atomic E-state index is 4.68. The highest BCUT2D eigenvalue weighted by molar-refractivity contribution is 5.44. The second-order valence-electron chi connectivity index (χ2n) is 5.98. The molecule has 5 heteroatoms. The number of hydrogen-bond donors (Lipinski definition) is 1. The van der Waals surface area contributed by atoms with E-state index in [4.69, 9.17) is 0 Å². The summed E-state index contributed by atoms with van der Waals surface area (Å²) in [5.74, 6) is 2.69. The summed E-state index contributed by atoms with van der Waals surface area (Å²) in [7, 11) is 2.28. The summed E-state index contributed by atoms with van der Waals surface area (Å²) in [5, 5.41) is 3.24. The lowest BCUT2D eigenvalue weighted by atomic mass is 9.84. The van der Waals surface area contributed by atoms with Gasteiger partial charge in [-0.2, -0.15) is 0 Å². The van der Waals surface area contributed by atoms with Crippen LogP contribution in [-0.2, 0) is 0 Å². The zero-order valence-electron chi connectivity index (χ0n) is 12.5. The highest BCUT2D eigenvalue weighted by Crippen LogP contribution is 2.31. The molecule has 2 aliphatic rings. The van der Waals surface area contributed by atoms with Crippen molar-refractivity contribution in [2.75, 3.05) is 43.4 Å². The molecule has 1 N–H and O–H groups in total. The van der Waals surface area contributed by atoms with Crippen molar-refractivity contribution in [3.63, 3.8) is 0 Å². The van der Waals surface area contributed by atoms with E-state index in [0.717, 1.165) is 43.2 Å². The average molecular weight is 275 g/mol. The van der Waals surface area contributed by atoms with Crippen molar-refractivity contribution < 1.29 is 0 Å². The first-order valence-electron chi connectivity index (χ1n) is 7.79. The molecule has 0 amide bonds. The number of nitrogens with one attached hydrogen (secondary N) is 1. The van der Waals surface area contributed by atoms with Crippen molar-refractivity contribution in [2.24, 2.45) is 5.92 Å². The minimum Gasteiger partial charge on any atom is -0.369 e. The van der Waals surface area contributed by atoms with Gasteiger partial charge in [0.2, 0.25) is 0 Å². The number of anilines is 2. The number of rotatable bonds is 3. The Morgan fingerprint density at radius 2 is 2.20 bits per heavy atom. The molecule has 3 rings (SSSR count). The van der Waals surface area contributed by atoms with Gasteiger partial charge in [0.1, 0.15) is 11.6 Å². The predicted octanol–water partition coefficient (Wildman–Crippen LogP) is 1.83. The van der Waals surface area contributed by atoms with Gasteiger partial charge >= 0.3 is 0 Å². The number of fused-ring (bicyclic) bond motifs is 1. The van der Waals surface area contributed by atoms with Crippen LogP contribution in [0.25, 0.3) is 0 Å². The van der Waals surface area contributed by atoms with Gasteiger partial charge in [-0.3, -0.25) is 4.98 Å². The Balaban J connectivity index is 1.71. The molecule has 0 radical (unpaired) electrons. The molecule has 0 aliphatic carbocycles. The molecule has 5 nitrogen and oxygen atoms in total. The third kappa shape index (κ3) is 2.73. The molecule has 3 heterocycles. The molecule has 2 unspecified atom stereocenters. The summed E-state index contributed by atoms with van der Waals surface area (Å²) < 4.78 is 0. The van der Waals surface area contributed by atoms with E-state index in [1.165, 1.54) is 25.8 Å². The molecule has 110 valence electrons. The number of piperidine rings is 2. The average Bonchev–Trinajstić information content (AvgIpc) is 2.48. The minimum atomic E-state index is 0.768. The van der Waals surface area contributed by atoms with Gasteiger partial charge in [-0.25, -0.2) is 4.98 Å². The molecule has 0 bridgehead atoms. The summed E-state index contributed by atoms with van der Waals surface area (Å²) in [5.41, 5.74) is 0. The van der Waals surface area contributed by atoms with Gasteiger partial charge in [-0.1, -0.05) is 0 Å². The summed E-state index contributed by atoms with van der Waals surface area (Å²) in [4.78, 5) is 14.0. The number of nitrogens with zero attached hydrogens (tertiary/aromatic N) is 4. The van der Waals surface area contributed by atoms with E-state index in [9.17, 15) is 0 Å². The lowest BCUT2D eigenvalue weighted by Crippen LogP contribution is -2.52. The van der Waals surface area contributed by atoms with Crippen LogP contribution in [-0.4, -0.2) is 54.1 Å². The SMILES string of the molecule is CCNc1cncc(N2CCC3C(CCCN3C)C2)n1. The Hall–Kier alpha value is -1.36. The molecule has 1 aromatic rings. The maximum absolute atomic E-state index is 4.68. The van der Waals surface area contributed by atoms with Crippen LogP contribution in [0.1, 0.15) is 26.2 Å². The molecule has 20 heavy (non-hydrogen) atoms. The molecule has 2 atom stereocenters. The first kappa shape index (κ1) is 13.6. The van der Waals surface area contributed by atoms with Gasteiger partial charge in [0.25, 0.3) is 0 Å². The molecule has 2 aliphatic heterocycles. The van der Waals surface area contributed by atoms with Crippen molar-refractivity contribution in [3.05, 3.63) is 12.4 Å². The van der Waals surface area contributed by atoms with Crippen LogP contribution in [0.4, 0.5) is 11.6 Å². The van der Waals surface area contributed by atoms with Crippen LogP contribution in [0.2, 0.25) is 0 Å². The number of hydrogen-bond acceptors (Lipinski definition) is 5. The van der Waals surface area contributed by atoms with Crippen molar-refractivity contribution in [1.82, 2.24) is 14.9 Å². The van der Waals surface area contributed by atoms with Gasteiger partial charge in [-0.15, -0.1) is 0 Å². The van der Waals surface area contributed by atoms with Crippen LogP contribution in [0.3, 0.4) is 0 Å². The van der Waals surface area contributed by atoms with Crippen LogP contribution in [0.5, 0.6) is 0 Å². The Bertz CT molecular complexity index is 450. The Morgan fingerprint density at radius 3 is 3.05 bits per heavy atom. The fraction of sp³-hybridized carbons (Fsp3) is 0.733. The summed E-state index contributed by atoms with van der Waals surface area (Å²) in [6, 6.07) is 0.768. The topological polar surface area (TPSA) is 44.3 Å². The van der Waals surface area contributed by atoms with Crippen molar-refractivity contribution in [1.29, 1.82) is 0 Å². The lowest BCUT2D eigenvalue weighted by molar-refractivity contribution is 0.102. The van der Waals surface area contributed by atoms with Gasteiger partial charge in [0, 0.05) is 25.7 Å².